The number of hydrogen-bond acceptors (Lipinski definition) is 3. The van der Waals surface area contributed by atoms with Crippen LogP contribution in [0.1, 0.15) is 16.2 Å². The van der Waals surface area contributed by atoms with Crippen molar-refractivity contribution in [3.05, 3.63) is 87.0 Å². The number of carbonyl (C=O) groups excluding carboxylic acids is 1. The van der Waals surface area contributed by atoms with Crippen LogP contribution in [0.5, 0.6) is 0 Å². The van der Waals surface area contributed by atoms with Gasteiger partial charge in [0, 0.05) is 16.1 Å². The van der Waals surface area contributed by atoms with Crippen LogP contribution in [0.15, 0.2) is 79.3 Å². The van der Waals surface area contributed by atoms with E-state index in [9.17, 15) is 9.18 Å². The van der Waals surface area contributed by atoms with Gasteiger partial charge in [-0.2, -0.15) is 5.10 Å². The number of amides is 1. The van der Waals surface area contributed by atoms with Crippen molar-refractivity contribution in [3.8, 4) is 5.69 Å². The first-order chi connectivity index (χ1) is 13.5. The van der Waals surface area contributed by atoms with Gasteiger partial charge in [-0.1, -0.05) is 28.1 Å². The van der Waals surface area contributed by atoms with Gasteiger partial charge in [0.05, 0.1) is 22.1 Å². The lowest BCUT2D eigenvalue weighted by Crippen LogP contribution is -2.17. The van der Waals surface area contributed by atoms with Crippen molar-refractivity contribution in [3.63, 3.8) is 0 Å². The van der Waals surface area contributed by atoms with Crippen LogP contribution in [0.4, 0.5) is 4.39 Å². The lowest BCUT2D eigenvalue weighted by atomic mass is 10.2. The number of carbonyl (C=O) groups is 1. The minimum atomic E-state index is -0.487. The number of hydrazone groups is 1. The van der Waals surface area contributed by atoms with E-state index in [2.05, 4.69) is 42.4 Å². The highest BCUT2D eigenvalue weighted by Gasteiger charge is 2.14. The highest BCUT2D eigenvalue weighted by molar-refractivity contribution is 9.11. The van der Waals surface area contributed by atoms with E-state index in [1.165, 1.54) is 12.3 Å². The predicted octanol–water partition coefficient (Wildman–Crippen LogP) is 5.65. The highest BCUT2D eigenvalue weighted by Crippen LogP contribution is 2.30. The lowest BCUT2D eigenvalue weighted by molar-refractivity contribution is 0.0929. The quantitative estimate of drug-likeness (QED) is 0.288. The molecule has 0 bridgehead atoms. The van der Waals surface area contributed by atoms with E-state index >= 15 is 0 Å². The van der Waals surface area contributed by atoms with Crippen LogP contribution in [0.25, 0.3) is 16.7 Å². The zero-order valence-electron chi connectivity index (χ0n) is 14.2. The Labute approximate surface area is 176 Å². The molecular weight excluding hydrogens is 493 g/mol. The number of aromatic nitrogens is 1. The summed E-state index contributed by atoms with van der Waals surface area (Å²) in [6, 6.07) is 15.3. The van der Waals surface area contributed by atoms with Gasteiger partial charge in [-0.25, -0.2) is 9.82 Å². The third-order valence-corrected chi connectivity index (χ3v) is 5.06. The minimum absolute atomic E-state index is 0.135. The van der Waals surface area contributed by atoms with Crippen LogP contribution >= 0.6 is 31.9 Å². The molecule has 2 aromatic heterocycles. The molecule has 0 fully saturated rings. The summed E-state index contributed by atoms with van der Waals surface area (Å²) in [6.07, 6.45) is 3.16. The molecule has 5 nitrogen and oxygen atoms in total. The molecular formula is C20H12Br2FN3O2. The number of hydrogen-bond donors (Lipinski definition) is 1. The smallest absolute Gasteiger partial charge is 0.307 e. The fourth-order valence-electron chi connectivity index (χ4n) is 2.77. The number of nitrogens with one attached hydrogen (secondary N) is 1. The SMILES string of the molecule is O=C(N/N=C\c1cccn1-c1ccccc1F)c1cc2cc(Br)cc(Br)c2o1. The van der Waals surface area contributed by atoms with Crippen molar-refractivity contribution in [1.82, 2.24) is 9.99 Å². The van der Waals surface area contributed by atoms with Crippen molar-refractivity contribution in [2.75, 3.05) is 0 Å². The van der Waals surface area contributed by atoms with Gasteiger partial charge in [-0.05, 0) is 58.4 Å². The first-order valence-corrected chi connectivity index (χ1v) is 9.76. The van der Waals surface area contributed by atoms with Crippen molar-refractivity contribution in [2.24, 2.45) is 5.10 Å². The van der Waals surface area contributed by atoms with Gasteiger partial charge in [0.1, 0.15) is 11.4 Å². The Kier molecular flexibility index (Phi) is 5.15. The Morgan fingerprint density at radius 2 is 1.96 bits per heavy atom. The van der Waals surface area contributed by atoms with E-state index in [0.29, 0.717) is 17.0 Å². The zero-order chi connectivity index (χ0) is 19.7. The van der Waals surface area contributed by atoms with Crippen molar-refractivity contribution in [1.29, 1.82) is 0 Å². The first kappa shape index (κ1) is 18.6. The van der Waals surface area contributed by atoms with Crippen molar-refractivity contribution < 1.29 is 13.6 Å². The molecule has 28 heavy (non-hydrogen) atoms. The van der Waals surface area contributed by atoms with Gasteiger partial charge in [0.2, 0.25) is 0 Å². The number of para-hydroxylation sites is 1. The average Bonchev–Trinajstić information content (AvgIpc) is 3.29. The van der Waals surface area contributed by atoms with Crippen LogP contribution < -0.4 is 5.43 Å². The zero-order valence-corrected chi connectivity index (χ0v) is 17.4. The third-order valence-electron chi connectivity index (χ3n) is 4.01. The monoisotopic (exact) mass is 503 g/mol. The molecule has 140 valence electrons. The summed E-state index contributed by atoms with van der Waals surface area (Å²) in [6.45, 7) is 0. The molecule has 0 aliphatic heterocycles. The first-order valence-electron chi connectivity index (χ1n) is 8.17. The molecule has 0 radical (unpaired) electrons. The van der Waals surface area contributed by atoms with Crippen LogP contribution in [-0.4, -0.2) is 16.7 Å². The van der Waals surface area contributed by atoms with E-state index in [1.807, 2.05) is 12.1 Å². The van der Waals surface area contributed by atoms with Gasteiger partial charge < -0.3 is 8.98 Å². The molecule has 0 spiro atoms. The van der Waals surface area contributed by atoms with Crippen molar-refractivity contribution in [2.45, 2.75) is 0 Å². The summed E-state index contributed by atoms with van der Waals surface area (Å²) in [7, 11) is 0. The van der Waals surface area contributed by atoms with Crippen LogP contribution in [-0.2, 0) is 0 Å². The molecule has 0 atom stereocenters. The lowest BCUT2D eigenvalue weighted by Gasteiger charge is -2.07. The molecule has 2 heterocycles. The molecule has 0 saturated carbocycles. The van der Waals surface area contributed by atoms with Crippen LogP contribution in [0.3, 0.4) is 0 Å². The highest BCUT2D eigenvalue weighted by atomic mass is 79.9. The summed E-state index contributed by atoms with van der Waals surface area (Å²) in [5, 5.41) is 4.75. The normalized spacial score (nSPS) is 11.4. The maximum Gasteiger partial charge on any atom is 0.307 e. The number of nitrogens with zero attached hydrogens (tertiary/aromatic N) is 2. The number of furan rings is 1. The summed E-state index contributed by atoms with van der Waals surface area (Å²) >= 11 is 6.81. The summed E-state index contributed by atoms with van der Waals surface area (Å²) in [4.78, 5) is 12.3. The topological polar surface area (TPSA) is 59.5 Å². The van der Waals surface area contributed by atoms with Gasteiger partial charge in [-0.3, -0.25) is 4.79 Å². The van der Waals surface area contributed by atoms with Gasteiger partial charge in [0.25, 0.3) is 0 Å². The molecule has 8 heteroatoms. The summed E-state index contributed by atoms with van der Waals surface area (Å²) in [5.74, 6) is -0.702. The van der Waals surface area contributed by atoms with E-state index in [0.717, 1.165) is 14.3 Å². The molecule has 0 unspecified atom stereocenters. The number of fused-ring (bicyclic) bond motifs is 1. The van der Waals surface area contributed by atoms with Crippen LogP contribution in [0.2, 0.25) is 0 Å². The van der Waals surface area contributed by atoms with Gasteiger partial charge in [-0.15, -0.1) is 0 Å². The summed E-state index contributed by atoms with van der Waals surface area (Å²) in [5.41, 5.74) is 4.01. The number of benzene rings is 2. The fraction of sp³-hybridized carbons (Fsp3) is 0. The van der Waals surface area contributed by atoms with E-state index < -0.39 is 5.91 Å². The molecule has 1 amide bonds. The Bertz CT molecular complexity index is 1210. The van der Waals surface area contributed by atoms with E-state index in [4.69, 9.17) is 4.42 Å². The Balaban J connectivity index is 1.53. The Morgan fingerprint density at radius 1 is 1.14 bits per heavy atom. The Morgan fingerprint density at radius 3 is 2.79 bits per heavy atom. The van der Waals surface area contributed by atoms with Gasteiger partial charge >= 0.3 is 5.91 Å². The second-order valence-electron chi connectivity index (χ2n) is 5.87. The predicted molar refractivity (Wildman–Crippen MR) is 112 cm³/mol. The maximum atomic E-state index is 14.0. The molecule has 4 rings (SSSR count). The van der Waals surface area contributed by atoms with Gasteiger partial charge in [0.15, 0.2) is 5.76 Å². The third kappa shape index (κ3) is 3.65. The Hall–Kier alpha value is -2.71. The number of halogens is 3. The minimum Gasteiger partial charge on any atom is -0.450 e. The molecule has 1 N–H and O–H groups in total. The second kappa shape index (κ2) is 7.73. The number of rotatable bonds is 4. The van der Waals surface area contributed by atoms with E-state index in [1.54, 1.807) is 47.2 Å². The molecule has 4 aromatic rings. The largest absolute Gasteiger partial charge is 0.450 e. The molecule has 0 aliphatic rings. The summed E-state index contributed by atoms with van der Waals surface area (Å²) < 4.78 is 22.9. The molecule has 0 aliphatic carbocycles. The average molecular weight is 505 g/mol. The van der Waals surface area contributed by atoms with Crippen LogP contribution in [0, 0.1) is 5.82 Å². The van der Waals surface area contributed by atoms with Crippen molar-refractivity contribution >= 4 is 55.0 Å². The fourth-order valence-corrected chi connectivity index (χ4v) is 4.10. The van der Waals surface area contributed by atoms with E-state index in [-0.39, 0.29) is 11.6 Å². The maximum absolute atomic E-state index is 14.0. The molecule has 2 aromatic carbocycles. The standard InChI is InChI=1S/C20H12Br2FN3O2/c21-13-8-12-9-18(28-19(12)15(22)10-13)20(27)25-24-11-14-4-3-7-26(14)17-6-2-1-5-16(17)23/h1-11H,(H,25,27)/b24-11-. The molecule has 0 saturated heterocycles. The second-order valence-corrected chi connectivity index (χ2v) is 7.64.